The Balaban J connectivity index is 2.18. The van der Waals surface area contributed by atoms with E-state index >= 15 is 0 Å². The maximum Gasteiger partial charge on any atom is 0.141 e. The molecule has 0 aliphatic heterocycles. The van der Waals surface area contributed by atoms with E-state index in [1.165, 1.54) is 17.2 Å². The monoisotopic (exact) mass is 296 g/mol. The first-order chi connectivity index (χ1) is 9.10. The van der Waals surface area contributed by atoms with Crippen molar-refractivity contribution in [1.29, 1.82) is 0 Å². The fourth-order valence-corrected chi connectivity index (χ4v) is 2.54. The molecule has 100 valence electrons. The average Bonchev–Trinajstić information content (AvgIpc) is 2.41. The van der Waals surface area contributed by atoms with Gasteiger partial charge in [0.1, 0.15) is 5.82 Å². The zero-order valence-electron chi connectivity index (χ0n) is 10.7. The van der Waals surface area contributed by atoms with Gasteiger partial charge in [0, 0.05) is 11.8 Å². The molecule has 0 heterocycles. The van der Waals surface area contributed by atoms with E-state index in [4.69, 9.17) is 23.2 Å². The van der Waals surface area contributed by atoms with Gasteiger partial charge in [-0.25, -0.2) is 4.39 Å². The first-order valence-corrected chi connectivity index (χ1v) is 7.08. The minimum absolute atomic E-state index is 0.162. The van der Waals surface area contributed by atoms with Gasteiger partial charge in [-0.05, 0) is 36.6 Å². The smallest absolute Gasteiger partial charge is 0.141 e. The third kappa shape index (κ3) is 3.71. The number of benzene rings is 2. The summed E-state index contributed by atoms with van der Waals surface area (Å²) in [5.41, 5.74) is 3.42. The molecule has 0 aliphatic carbocycles. The summed E-state index contributed by atoms with van der Waals surface area (Å²) in [5, 5.41) is 0.162. The van der Waals surface area contributed by atoms with Crippen LogP contribution in [0.4, 0.5) is 4.39 Å². The molecule has 0 aliphatic rings. The molecule has 0 N–H and O–H groups in total. The van der Waals surface area contributed by atoms with E-state index in [9.17, 15) is 4.39 Å². The van der Waals surface area contributed by atoms with E-state index < -0.39 is 0 Å². The Morgan fingerprint density at radius 2 is 1.79 bits per heavy atom. The Morgan fingerprint density at radius 3 is 2.37 bits per heavy atom. The Kier molecular flexibility index (Phi) is 4.84. The summed E-state index contributed by atoms with van der Waals surface area (Å²) in [7, 11) is 0. The van der Waals surface area contributed by atoms with E-state index in [0.29, 0.717) is 5.88 Å². The third-order valence-corrected chi connectivity index (χ3v) is 3.86. The quantitative estimate of drug-likeness (QED) is 0.667. The van der Waals surface area contributed by atoms with Crippen molar-refractivity contribution in [2.45, 2.75) is 19.3 Å². The predicted octanol–water partition coefficient (Wildman–Crippen LogP) is 5.35. The Hall–Kier alpha value is -1.05. The zero-order chi connectivity index (χ0) is 13.8. The maximum absolute atomic E-state index is 13.1. The van der Waals surface area contributed by atoms with Crippen molar-refractivity contribution in [3.63, 3.8) is 0 Å². The van der Waals surface area contributed by atoms with Crippen molar-refractivity contribution in [3.8, 4) is 0 Å². The van der Waals surface area contributed by atoms with Crippen LogP contribution in [0.1, 0.15) is 22.6 Å². The second-order valence-electron chi connectivity index (χ2n) is 4.71. The SMILES string of the molecule is Cc1ccc(C(CCl)Cc2ccc(F)c(Cl)c2)cc1. The van der Waals surface area contributed by atoms with Crippen molar-refractivity contribution >= 4 is 23.2 Å². The third-order valence-electron chi connectivity index (χ3n) is 3.20. The zero-order valence-corrected chi connectivity index (χ0v) is 12.2. The highest BCUT2D eigenvalue weighted by Crippen LogP contribution is 2.25. The van der Waals surface area contributed by atoms with E-state index in [0.717, 1.165) is 12.0 Å². The number of rotatable bonds is 4. The van der Waals surface area contributed by atoms with Gasteiger partial charge in [-0.2, -0.15) is 0 Å². The van der Waals surface area contributed by atoms with Crippen LogP contribution in [0.3, 0.4) is 0 Å². The van der Waals surface area contributed by atoms with Crippen LogP contribution in [0.2, 0.25) is 5.02 Å². The number of alkyl halides is 1. The molecule has 1 unspecified atom stereocenters. The van der Waals surface area contributed by atoms with Gasteiger partial charge in [0.2, 0.25) is 0 Å². The minimum atomic E-state index is -0.386. The van der Waals surface area contributed by atoms with Crippen LogP contribution in [0.5, 0.6) is 0 Å². The van der Waals surface area contributed by atoms with Crippen LogP contribution < -0.4 is 0 Å². The van der Waals surface area contributed by atoms with Crippen molar-refractivity contribution in [3.05, 3.63) is 70.0 Å². The summed E-state index contributed by atoms with van der Waals surface area (Å²) in [4.78, 5) is 0. The van der Waals surface area contributed by atoms with Crippen LogP contribution in [0.25, 0.3) is 0 Å². The lowest BCUT2D eigenvalue weighted by molar-refractivity contribution is 0.626. The van der Waals surface area contributed by atoms with Gasteiger partial charge < -0.3 is 0 Å². The number of halogens is 3. The van der Waals surface area contributed by atoms with E-state index in [1.54, 1.807) is 12.1 Å². The lowest BCUT2D eigenvalue weighted by Gasteiger charge is -2.15. The second kappa shape index (κ2) is 6.40. The molecule has 0 spiro atoms. The molecule has 0 aromatic heterocycles. The van der Waals surface area contributed by atoms with Gasteiger partial charge in [-0.1, -0.05) is 47.5 Å². The number of hydrogen-bond acceptors (Lipinski definition) is 0. The van der Waals surface area contributed by atoms with E-state index in [2.05, 4.69) is 31.2 Å². The molecule has 1 atom stereocenters. The molecule has 0 nitrogen and oxygen atoms in total. The topological polar surface area (TPSA) is 0 Å². The normalized spacial score (nSPS) is 12.4. The first kappa shape index (κ1) is 14.4. The molecule has 0 saturated heterocycles. The molecular weight excluding hydrogens is 282 g/mol. The van der Waals surface area contributed by atoms with Crippen LogP contribution in [0.15, 0.2) is 42.5 Å². The lowest BCUT2D eigenvalue weighted by atomic mass is 9.93. The molecular formula is C16H15Cl2F. The van der Waals surface area contributed by atoms with Gasteiger partial charge >= 0.3 is 0 Å². The van der Waals surface area contributed by atoms with Gasteiger partial charge in [0.05, 0.1) is 5.02 Å². The van der Waals surface area contributed by atoms with Crippen LogP contribution in [-0.4, -0.2) is 5.88 Å². The van der Waals surface area contributed by atoms with Gasteiger partial charge in [0.25, 0.3) is 0 Å². The summed E-state index contributed by atoms with van der Waals surface area (Å²) < 4.78 is 13.1. The van der Waals surface area contributed by atoms with E-state index in [1.807, 2.05) is 0 Å². The summed E-state index contributed by atoms with van der Waals surface area (Å²) in [6, 6.07) is 13.2. The number of hydrogen-bond donors (Lipinski definition) is 0. The lowest BCUT2D eigenvalue weighted by Crippen LogP contribution is -2.05. The molecule has 2 aromatic rings. The van der Waals surface area contributed by atoms with Crippen molar-refractivity contribution in [1.82, 2.24) is 0 Å². The molecule has 0 bridgehead atoms. The Bertz CT molecular complexity index is 549. The van der Waals surface area contributed by atoms with Gasteiger partial charge in [-0.3, -0.25) is 0 Å². The van der Waals surface area contributed by atoms with Crippen molar-refractivity contribution in [2.75, 3.05) is 5.88 Å². The minimum Gasteiger partial charge on any atom is -0.205 e. The summed E-state index contributed by atoms with van der Waals surface area (Å²) >= 11 is 11.9. The molecule has 0 fully saturated rings. The molecule has 0 amide bonds. The van der Waals surface area contributed by atoms with Gasteiger partial charge in [0.15, 0.2) is 0 Å². The number of aryl methyl sites for hydroxylation is 1. The highest BCUT2D eigenvalue weighted by molar-refractivity contribution is 6.30. The average molecular weight is 297 g/mol. The highest BCUT2D eigenvalue weighted by atomic mass is 35.5. The highest BCUT2D eigenvalue weighted by Gasteiger charge is 2.12. The largest absolute Gasteiger partial charge is 0.205 e. The van der Waals surface area contributed by atoms with Gasteiger partial charge in [-0.15, -0.1) is 11.6 Å². The molecule has 0 saturated carbocycles. The standard InChI is InChI=1S/C16H15Cl2F/c1-11-2-5-13(6-3-11)14(10-17)8-12-4-7-16(19)15(18)9-12/h2-7,9,14H,8,10H2,1H3. The summed E-state index contributed by atoms with van der Waals surface area (Å²) in [6.45, 7) is 2.05. The van der Waals surface area contributed by atoms with Crippen LogP contribution in [-0.2, 0) is 6.42 Å². The first-order valence-electron chi connectivity index (χ1n) is 6.16. The summed E-state index contributed by atoms with van der Waals surface area (Å²) in [5.74, 6) is 0.352. The molecule has 3 heteroatoms. The van der Waals surface area contributed by atoms with Crippen molar-refractivity contribution in [2.24, 2.45) is 0 Å². The van der Waals surface area contributed by atoms with Crippen LogP contribution >= 0.6 is 23.2 Å². The molecule has 19 heavy (non-hydrogen) atoms. The Morgan fingerprint density at radius 1 is 1.11 bits per heavy atom. The Labute approximate surface area is 123 Å². The molecule has 0 radical (unpaired) electrons. The fourth-order valence-electron chi connectivity index (χ4n) is 2.05. The summed E-state index contributed by atoms with van der Waals surface area (Å²) in [6.07, 6.45) is 0.757. The fraction of sp³-hybridized carbons (Fsp3) is 0.250. The van der Waals surface area contributed by atoms with Crippen molar-refractivity contribution < 1.29 is 4.39 Å². The van der Waals surface area contributed by atoms with Crippen LogP contribution in [0, 0.1) is 12.7 Å². The van der Waals surface area contributed by atoms with E-state index in [-0.39, 0.29) is 16.8 Å². The second-order valence-corrected chi connectivity index (χ2v) is 5.43. The molecule has 2 rings (SSSR count). The molecule has 2 aromatic carbocycles. The maximum atomic E-state index is 13.1. The predicted molar refractivity (Wildman–Crippen MR) is 79.8 cm³/mol.